The van der Waals surface area contributed by atoms with Crippen molar-refractivity contribution in [2.45, 2.75) is 25.8 Å². The Morgan fingerprint density at radius 2 is 1.70 bits per heavy atom. The predicted molar refractivity (Wildman–Crippen MR) is 116 cm³/mol. The average molecular weight is 410 g/mol. The molecule has 1 aliphatic rings. The minimum atomic E-state index is -0.337. The van der Waals surface area contributed by atoms with E-state index in [2.05, 4.69) is 15.7 Å². The first kappa shape index (κ1) is 21.2. The molecule has 0 radical (unpaired) electrons. The van der Waals surface area contributed by atoms with Gasteiger partial charge in [-0.15, -0.1) is 0 Å². The molecule has 2 aromatic carbocycles. The number of nitrogens with one attached hydrogen (secondary N) is 2. The molecule has 2 aromatic rings. The minimum Gasteiger partial charge on any atom is -0.493 e. The number of carbonyl (C=O) groups excluding carboxylic acids is 2. The number of amides is 2. The van der Waals surface area contributed by atoms with E-state index in [4.69, 9.17) is 9.47 Å². The van der Waals surface area contributed by atoms with Crippen LogP contribution in [-0.2, 0) is 9.59 Å². The molecule has 8 nitrogen and oxygen atoms in total. The quantitative estimate of drug-likeness (QED) is 0.685. The molecule has 0 spiro atoms. The third-order valence-corrected chi connectivity index (χ3v) is 4.76. The number of carbonyl (C=O) groups is 2. The fraction of sp³-hybridized carbons (Fsp3) is 0.318. The minimum absolute atomic E-state index is 0.107. The molecule has 2 N–H and O–H groups in total. The molecular formula is C22H26N4O4. The summed E-state index contributed by atoms with van der Waals surface area (Å²) in [4.78, 5) is 23.9. The van der Waals surface area contributed by atoms with Crippen LogP contribution in [0.1, 0.15) is 25.3 Å². The van der Waals surface area contributed by atoms with Gasteiger partial charge in [0.1, 0.15) is 6.04 Å². The lowest BCUT2D eigenvalue weighted by Crippen LogP contribution is -2.36. The first-order valence-electron chi connectivity index (χ1n) is 9.71. The number of ether oxygens (including phenoxy) is 2. The standard InChI is InChI=1S/C22H26N4O4/c1-15(27)24-17-7-9-18(10-8-17)25-22(28)19-5-4-12-26(19)23-14-16-6-11-20(29-2)21(13-16)30-3/h6-11,13-14,19H,4-5,12H2,1-3H3,(H,24,27)(H,25,28)/b23-14+. The van der Waals surface area contributed by atoms with Crippen LogP contribution in [0.25, 0.3) is 0 Å². The fourth-order valence-electron chi connectivity index (χ4n) is 3.30. The molecule has 1 heterocycles. The largest absolute Gasteiger partial charge is 0.493 e. The first-order valence-corrected chi connectivity index (χ1v) is 9.71. The van der Waals surface area contributed by atoms with Crippen molar-refractivity contribution in [3.05, 3.63) is 48.0 Å². The van der Waals surface area contributed by atoms with Crippen molar-refractivity contribution in [3.63, 3.8) is 0 Å². The van der Waals surface area contributed by atoms with Crippen LogP contribution in [0.3, 0.4) is 0 Å². The summed E-state index contributed by atoms with van der Waals surface area (Å²) in [5.41, 5.74) is 2.21. The van der Waals surface area contributed by atoms with Gasteiger partial charge in [-0.2, -0.15) is 5.10 Å². The molecule has 0 bridgehead atoms. The van der Waals surface area contributed by atoms with Crippen molar-refractivity contribution in [3.8, 4) is 11.5 Å². The fourth-order valence-corrected chi connectivity index (χ4v) is 3.30. The Bertz CT molecular complexity index is 927. The van der Waals surface area contributed by atoms with Crippen LogP contribution in [0, 0.1) is 0 Å². The Labute approximate surface area is 175 Å². The van der Waals surface area contributed by atoms with E-state index >= 15 is 0 Å². The van der Waals surface area contributed by atoms with Gasteiger partial charge >= 0.3 is 0 Å². The molecule has 3 rings (SSSR count). The molecule has 8 heteroatoms. The molecule has 1 saturated heterocycles. The summed E-state index contributed by atoms with van der Waals surface area (Å²) < 4.78 is 10.6. The van der Waals surface area contributed by atoms with Crippen LogP contribution in [0.5, 0.6) is 11.5 Å². The van der Waals surface area contributed by atoms with Crippen molar-refractivity contribution in [2.75, 3.05) is 31.4 Å². The van der Waals surface area contributed by atoms with E-state index in [1.54, 1.807) is 49.7 Å². The van der Waals surface area contributed by atoms with Crippen molar-refractivity contribution in [2.24, 2.45) is 5.10 Å². The third kappa shape index (κ3) is 5.28. The van der Waals surface area contributed by atoms with E-state index in [0.29, 0.717) is 29.4 Å². The zero-order valence-electron chi connectivity index (χ0n) is 17.3. The SMILES string of the molecule is COc1ccc(/C=N/N2CCCC2C(=O)Nc2ccc(NC(C)=O)cc2)cc1OC. The van der Waals surface area contributed by atoms with Crippen LogP contribution in [0.15, 0.2) is 47.6 Å². The molecule has 0 saturated carbocycles. The number of anilines is 2. The van der Waals surface area contributed by atoms with Gasteiger partial charge in [0, 0.05) is 24.8 Å². The van der Waals surface area contributed by atoms with Gasteiger partial charge in [0.2, 0.25) is 11.8 Å². The maximum absolute atomic E-state index is 12.8. The zero-order chi connectivity index (χ0) is 21.5. The van der Waals surface area contributed by atoms with Gasteiger partial charge in [-0.1, -0.05) is 0 Å². The van der Waals surface area contributed by atoms with Crippen LogP contribution < -0.4 is 20.1 Å². The molecule has 158 valence electrons. The molecule has 1 atom stereocenters. The smallest absolute Gasteiger partial charge is 0.248 e. The number of nitrogens with zero attached hydrogens (tertiary/aromatic N) is 2. The number of methoxy groups -OCH3 is 2. The summed E-state index contributed by atoms with van der Waals surface area (Å²) in [7, 11) is 3.18. The van der Waals surface area contributed by atoms with E-state index in [1.165, 1.54) is 6.92 Å². The van der Waals surface area contributed by atoms with Crippen LogP contribution in [0.4, 0.5) is 11.4 Å². The highest BCUT2D eigenvalue weighted by Crippen LogP contribution is 2.27. The highest BCUT2D eigenvalue weighted by Gasteiger charge is 2.29. The van der Waals surface area contributed by atoms with Crippen molar-refractivity contribution < 1.29 is 19.1 Å². The van der Waals surface area contributed by atoms with Gasteiger partial charge in [0.25, 0.3) is 0 Å². The maximum Gasteiger partial charge on any atom is 0.248 e. The van der Waals surface area contributed by atoms with E-state index < -0.39 is 0 Å². The highest BCUT2D eigenvalue weighted by molar-refractivity contribution is 5.95. The lowest BCUT2D eigenvalue weighted by Gasteiger charge is -2.20. The predicted octanol–water partition coefficient (Wildman–Crippen LogP) is 3.10. The Hall–Kier alpha value is -3.55. The third-order valence-electron chi connectivity index (χ3n) is 4.76. The Morgan fingerprint density at radius 3 is 2.33 bits per heavy atom. The van der Waals surface area contributed by atoms with Gasteiger partial charge in [-0.3, -0.25) is 14.6 Å². The summed E-state index contributed by atoms with van der Waals surface area (Å²) in [6, 6.07) is 12.2. The Balaban J connectivity index is 1.64. The summed E-state index contributed by atoms with van der Waals surface area (Å²) >= 11 is 0. The summed E-state index contributed by atoms with van der Waals surface area (Å²) in [5, 5.41) is 11.9. The summed E-state index contributed by atoms with van der Waals surface area (Å²) in [6.45, 7) is 2.16. The molecule has 1 fully saturated rings. The van der Waals surface area contributed by atoms with E-state index in [9.17, 15) is 9.59 Å². The van der Waals surface area contributed by atoms with Gasteiger partial charge in [-0.25, -0.2) is 0 Å². The average Bonchev–Trinajstić information content (AvgIpc) is 3.22. The second kappa shape index (κ2) is 9.78. The second-order valence-electron chi connectivity index (χ2n) is 6.93. The number of rotatable bonds is 7. The summed E-state index contributed by atoms with van der Waals surface area (Å²) in [5.74, 6) is 1.03. The lowest BCUT2D eigenvalue weighted by molar-refractivity contribution is -0.120. The van der Waals surface area contributed by atoms with Gasteiger partial charge in [0.05, 0.1) is 20.4 Å². The van der Waals surface area contributed by atoms with Gasteiger partial charge < -0.3 is 20.1 Å². The van der Waals surface area contributed by atoms with Crippen molar-refractivity contribution in [1.82, 2.24) is 5.01 Å². The monoisotopic (exact) mass is 410 g/mol. The van der Waals surface area contributed by atoms with E-state index in [1.807, 2.05) is 18.2 Å². The molecule has 0 aliphatic carbocycles. The van der Waals surface area contributed by atoms with E-state index in [0.717, 1.165) is 18.4 Å². The Kier molecular flexibility index (Phi) is 6.90. The van der Waals surface area contributed by atoms with Gasteiger partial charge in [-0.05, 0) is 60.9 Å². The number of hydrazone groups is 1. The van der Waals surface area contributed by atoms with Gasteiger partial charge in [0.15, 0.2) is 11.5 Å². The normalized spacial score (nSPS) is 15.8. The second-order valence-corrected chi connectivity index (χ2v) is 6.93. The maximum atomic E-state index is 12.8. The molecule has 1 aliphatic heterocycles. The number of hydrogen-bond donors (Lipinski definition) is 2. The van der Waals surface area contributed by atoms with E-state index in [-0.39, 0.29) is 17.9 Å². The Morgan fingerprint density at radius 1 is 1.03 bits per heavy atom. The first-order chi connectivity index (χ1) is 14.5. The molecule has 1 unspecified atom stereocenters. The lowest BCUT2D eigenvalue weighted by atomic mass is 10.2. The molecule has 0 aromatic heterocycles. The van der Waals surface area contributed by atoms with Crippen LogP contribution in [-0.4, -0.2) is 49.8 Å². The van der Waals surface area contributed by atoms with Crippen LogP contribution >= 0.6 is 0 Å². The number of benzene rings is 2. The number of hydrogen-bond acceptors (Lipinski definition) is 6. The highest BCUT2D eigenvalue weighted by atomic mass is 16.5. The molecule has 30 heavy (non-hydrogen) atoms. The van der Waals surface area contributed by atoms with Crippen molar-refractivity contribution in [1.29, 1.82) is 0 Å². The molecular weight excluding hydrogens is 384 g/mol. The molecule has 2 amide bonds. The topological polar surface area (TPSA) is 92.3 Å². The zero-order valence-corrected chi connectivity index (χ0v) is 17.3. The van der Waals surface area contributed by atoms with Crippen LogP contribution in [0.2, 0.25) is 0 Å². The summed E-state index contributed by atoms with van der Waals surface area (Å²) in [6.07, 6.45) is 3.34. The van der Waals surface area contributed by atoms with Crippen molar-refractivity contribution >= 4 is 29.4 Å².